The number of ether oxygens (including phenoxy) is 1. The second kappa shape index (κ2) is 19.8. The lowest BCUT2D eigenvalue weighted by Gasteiger charge is -2.10. The number of carbonyl (C=O) groups excluding carboxylic acids is 1. The van der Waals surface area contributed by atoms with Crippen molar-refractivity contribution in [2.24, 2.45) is 0 Å². The van der Waals surface area contributed by atoms with Crippen LogP contribution in [0.1, 0.15) is 104 Å². The molecule has 0 aliphatic carbocycles. The summed E-state index contributed by atoms with van der Waals surface area (Å²) in [6.45, 7) is 9.76. The SMILES string of the molecule is C=C(C)COc1cccc(NC(=O)CNCCCCCCCCCCCCCCCC)c1. The fourth-order valence-corrected chi connectivity index (χ4v) is 3.72. The van der Waals surface area contributed by atoms with E-state index in [1.165, 1.54) is 83.5 Å². The van der Waals surface area contributed by atoms with E-state index in [1.807, 2.05) is 31.2 Å². The first kappa shape index (κ1) is 28.2. The zero-order valence-corrected chi connectivity index (χ0v) is 20.9. The Morgan fingerprint density at radius 1 is 0.875 bits per heavy atom. The van der Waals surface area contributed by atoms with Gasteiger partial charge in [-0.1, -0.05) is 103 Å². The highest BCUT2D eigenvalue weighted by Gasteiger charge is 2.03. The normalized spacial score (nSPS) is 10.8. The summed E-state index contributed by atoms with van der Waals surface area (Å²) in [5.41, 5.74) is 1.72. The van der Waals surface area contributed by atoms with Crippen molar-refractivity contribution in [1.29, 1.82) is 0 Å². The lowest BCUT2D eigenvalue weighted by atomic mass is 10.0. The number of amides is 1. The van der Waals surface area contributed by atoms with E-state index in [2.05, 4.69) is 24.1 Å². The Balaban J connectivity index is 1.91. The van der Waals surface area contributed by atoms with Crippen LogP contribution in [0.25, 0.3) is 0 Å². The zero-order valence-electron chi connectivity index (χ0n) is 20.9. The molecule has 0 atom stereocenters. The molecule has 0 aliphatic heterocycles. The van der Waals surface area contributed by atoms with Crippen molar-refractivity contribution in [3.05, 3.63) is 36.4 Å². The average Bonchev–Trinajstić information content (AvgIpc) is 2.77. The van der Waals surface area contributed by atoms with E-state index < -0.39 is 0 Å². The molecule has 0 saturated carbocycles. The van der Waals surface area contributed by atoms with Gasteiger partial charge in [0.25, 0.3) is 0 Å². The van der Waals surface area contributed by atoms with Gasteiger partial charge in [-0.05, 0) is 37.6 Å². The van der Waals surface area contributed by atoms with Crippen LogP contribution in [0.15, 0.2) is 36.4 Å². The van der Waals surface area contributed by atoms with Gasteiger partial charge in [-0.15, -0.1) is 0 Å². The first-order valence-electron chi connectivity index (χ1n) is 13.0. The summed E-state index contributed by atoms with van der Waals surface area (Å²) in [5, 5.41) is 6.17. The summed E-state index contributed by atoms with van der Waals surface area (Å²) in [5.74, 6) is 0.716. The molecule has 0 aliphatic rings. The number of carbonyl (C=O) groups is 1. The van der Waals surface area contributed by atoms with Gasteiger partial charge in [-0.3, -0.25) is 4.79 Å². The quantitative estimate of drug-likeness (QED) is 0.151. The van der Waals surface area contributed by atoms with Gasteiger partial charge in [-0.2, -0.15) is 0 Å². The van der Waals surface area contributed by atoms with Gasteiger partial charge in [-0.25, -0.2) is 0 Å². The maximum absolute atomic E-state index is 12.1. The molecule has 0 fully saturated rings. The van der Waals surface area contributed by atoms with Crippen molar-refractivity contribution >= 4 is 11.6 Å². The van der Waals surface area contributed by atoms with Gasteiger partial charge in [0.15, 0.2) is 0 Å². The van der Waals surface area contributed by atoms with Crippen LogP contribution in [0.3, 0.4) is 0 Å². The van der Waals surface area contributed by atoms with Gasteiger partial charge in [0.1, 0.15) is 12.4 Å². The molecule has 182 valence electrons. The van der Waals surface area contributed by atoms with E-state index in [0.29, 0.717) is 13.2 Å². The van der Waals surface area contributed by atoms with Crippen LogP contribution in [-0.4, -0.2) is 25.6 Å². The Hall–Kier alpha value is -1.81. The molecule has 0 spiro atoms. The van der Waals surface area contributed by atoms with Gasteiger partial charge in [0.2, 0.25) is 5.91 Å². The smallest absolute Gasteiger partial charge is 0.238 e. The van der Waals surface area contributed by atoms with E-state index in [0.717, 1.165) is 30.0 Å². The van der Waals surface area contributed by atoms with Crippen LogP contribution in [0.2, 0.25) is 0 Å². The number of anilines is 1. The zero-order chi connectivity index (χ0) is 23.3. The number of unbranched alkanes of at least 4 members (excludes halogenated alkanes) is 13. The van der Waals surface area contributed by atoms with E-state index in [4.69, 9.17) is 4.74 Å². The summed E-state index contributed by atoms with van der Waals surface area (Å²) in [4.78, 5) is 12.1. The Labute approximate surface area is 197 Å². The Morgan fingerprint density at radius 2 is 1.44 bits per heavy atom. The third-order valence-corrected chi connectivity index (χ3v) is 5.60. The largest absolute Gasteiger partial charge is 0.489 e. The fourth-order valence-electron chi connectivity index (χ4n) is 3.72. The van der Waals surface area contributed by atoms with Crippen molar-refractivity contribution in [2.45, 2.75) is 104 Å². The maximum Gasteiger partial charge on any atom is 0.238 e. The van der Waals surface area contributed by atoms with Crippen LogP contribution in [0.4, 0.5) is 5.69 Å². The molecular formula is C28H48N2O2. The van der Waals surface area contributed by atoms with E-state index in [-0.39, 0.29) is 5.91 Å². The predicted octanol–water partition coefficient (Wildman–Crippen LogP) is 7.65. The van der Waals surface area contributed by atoms with Crippen molar-refractivity contribution in [3.63, 3.8) is 0 Å². The summed E-state index contributed by atoms with van der Waals surface area (Å²) in [6.07, 6.45) is 19.1. The summed E-state index contributed by atoms with van der Waals surface area (Å²) in [6, 6.07) is 7.48. The van der Waals surface area contributed by atoms with Gasteiger partial charge < -0.3 is 15.4 Å². The fraction of sp³-hybridized carbons (Fsp3) is 0.679. The van der Waals surface area contributed by atoms with Crippen LogP contribution < -0.4 is 15.4 Å². The highest BCUT2D eigenvalue weighted by Crippen LogP contribution is 2.18. The van der Waals surface area contributed by atoms with Gasteiger partial charge in [0, 0.05) is 11.8 Å². The minimum absolute atomic E-state index is 0.0209. The van der Waals surface area contributed by atoms with Crippen LogP contribution >= 0.6 is 0 Å². The molecule has 0 aromatic heterocycles. The molecule has 0 unspecified atom stereocenters. The third-order valence-electron chi connectivity index (χ3n) is 5.60. The third kappa shape index (κ3) is 16.8. The first-order chi connectivity index (χ1) is 15.6. The lowest BCUT2D eigenvalue weighted by Crippen LogP contribution is -2.28. The summed E-state index contributed by atoms with van der Waals surface area (Å²) >= 11 is 0. The monoisotopic (exact) mass is 444 g/mol. The van der Waals surface area contributed by atoms with Gasteiger partial charge in [0.05, 0.1) is 6.54 Å². The molecule has 4 heteroatoms. The highest BCUT2D eigenvalue weighted by molar-refractivity contribution is 5.92. The van der Waals surface area contributed by atoms with Gasteiger partial charge >= 0.3 is 0 Å². The van der Waals surface area contributed by atoms with E-state index >= 15 is 0 Å². The highest BCUT2D eigenvalue weighted by atomic mass is 16.5. The van der Waals surface area contributed by atoms with Crippen LogP contribution in [-0.2, 0) is 4.79 Å². The number of nitrogens with one attached hydrogen (secondary N) is 2. The van der Waals surface area contributed by atoms with Crippen molar-refractivity contribution < 1.29 is 9.53 Å². The molecule has 32 heavy (non-hydrogen) atoms. The summed E-state index contributed by atoms with van der Waals surface area (Å²) < 4.78 is 5.62. The Bertz CT molecular complexity index is 615. The van der Waals surface area contributed by atoms with E-state index in [9.17, 15) is 4.79 Å². The van der Waals surface area contributed by atoms with Crippen molar-refractivity contribution in [3.8, 4) is 5.75 Å². The number of rotatable bonds is 21. The predicted molar refractivity (Wildman–Crippen MR) is 139 cm³/mol. The minimum atomic E-state index is -0.0209. The molecule has 2 N–H and O–H groups in total. The van der Waals surface area contributed by atoms with Crippen molar-refractivity contribution in [2.75, 3.05) is 25.0 Å². The Kier molecular flexibility index (Phi) is 17.5. The second-order valence-corrected chi connectivity index (χ2v) is 9.09. The standard InChI is InChI=1S/C28H48N2O2/c1-4-5-6-7-8-9-10-11-12-13-14-15-16-17-21-29-23-28(31)30-26-19-18-20-27(22-26)32-24-25(2)3/h18-20,22,29H,2,4-17,21,23-24H2,1,3H3,(H,30,31). The molecule has 1 rings (SSSR count). The van der Waals surface area contributed by atoms with Crippen molar-refractivity contribution in [1.82, 2.24) is 5.32 Å². The molecule has 0 saturated heterocycles. The molecule has 1 aromatic rings. The Morgan fingerprint density at radius 3 is 2.00 bits per heavy atom. The average molecular weight is 445 g/mol. The first-order valence-corrected chi connectivity index (χ1v) is 13.0. The van der Waals surface area contributed by atoms with Crippen LogP contribution in [0.5, 0.6) is 5.75 Å². The second-order valence-electron chi connectivity index (χ2n) is 9.09. The molecule has 1 aromatic carbocycles. The van der Waals surface area contributed by atoms with E-state index in [1.54, 1.807) is 0 Å². The molecule has 0 heterocycles. The molecule has 0 radical (unpaired) electrons. The number of hydrogen-bond acceptors (Lipinski definition) is 3. The van der Waals surface area contributed by atoms with Crippen LogP contribution in [0, 0.1) is 0 Å². The number of hydrogen-bond donors (Lipinski definition) is 2. The molecule has 4 nitrogen and oxygen atoms in total. The number of benzene rings is 1. The summed E-state index contributed by atoms with van der Waals surface area (Å²) in [7, 11) is 0. The molecular weight excluding hydrogens is 396 g/mol. The minimum Gasteiger partial charge on any atom is -0.489 e. The maximum atomic E-state index is 12.1. The lowest BCUT2D eigenvalue weighted by molar-refractivity contribution is -0.115. The topological polar surface area (TPSA) is 50.4 Å². The molecule has 0 bridgehead atoms. The molecule has 1 amide bonds.